The van der Waals surface area contributed by atoms with Crippen LogP contribution in [0.3, 0.4) is 0 Å². The fourth-order valence-corrected chi connectivity index (χ4v) is 3.83. The third kappa shape index (κ3) is 4.08. The minimum Gasteiger partial charge on any atom is -0.341 e. The second-order valence-electron chi connectivity index (χ2n) is 7.49. The number of carbonyl (C=O) groups excluding carboxylic acids is 3. The lowest BCUT2D eigenvalue weighted by Gasteiger charge is -2.29. The van der Waals surface area contributed by atoms with E-state index in [0.717, 1.165) is 24.0 Å². The van der Waals surface area contributed by atoms with Crippen LogP contribution in [0.25, 0.3) is 0 Å². The first kappa shape index (κ1) is 19.0. The average molecular weight is 392 g/mol. The second kappa shape index (κ2) is 7.95. The predicted molar refractivity (Wildman–Crippen MR) is 110 cm³/mol. The Labute approximate surface area is 169 Å². The molecule has 2 aliphatic heterocycles. The van der Waals surface area contributed by atoms with E-state index in [2.05, 4.69) is 16.7 Å². The van der Waals surface area contributed by atoms with E-state index in [4.69, 9.17) is 0 Å². The number of urea groups is 1. The molecule has 0 atom stereocenters. The largest absolute Gasteiger partial charge is 0.341 e. The molecule has 0 aromatic heterocycles. The minimum absolute atomic E-state index is 0.00375. The van der Waals surface area contributed by atoms with Gasteiger partial charge in [-0.05, 0) is 47.7 Å². The van der Waals surface area contributed by atoms with E-state index in [1.807, 2.05) is 24.3 Å². The number of likely N-dealkylation sites (N-methyl/N-ethyl adjacent to an activating group) is 1. The molecule has 0 fully saturated rings. The number of amides is 4. The van der Waals surface area contributed by atoms with Gasteiger partial charge in [-0.25, -0.2) is 4.79 Å². The molecule has 2 aromatic rings. The first-order chi connectivity index (χ1) is 14.0. The van der Waals surface area contributed by atoms with Gasteiger partial charge in [0.05, 0.1) is 6.54 Å². The maximum Gasteiger partial charge on any atom is 0.319 e. The maximum atomic E-state index is 12.5. The molecule has 0 radical (unpaired) electrons. The number of nitrogens with one attached hydrogen (secondary N) is 2. The van der Waals surface area contributed by atoms with Gasteiger partial charge in [-0.3, -0.25) is 9.59 Å². The molecule has 2 heterocycles. The maximum absolute atomic E-state index is 12.5. The summed E-state index contributed by atoms with van der Waals surface area (Å²) < 4.78 is 0. The lowest BCUT2D eigenvalue weighted by atomic mass is 9.99. The molecule has 0 spiro atoms. The number of hydrogen-bond donors (Lipinski definition) is 2. The van der Waals surface area contributed by atoms with E-state index in [9.17, 15) is 14.4 Å². The molecule has 2 aromatic carbocycles. The predicted octanol–water partition coefficient (Wildman–Crippen LogP) is 2.02. The van der Waals surface area contributed by atoms with Crippen molar-refractivity contribution in [3.8, 4) is 0 Å². The van der Waals surface area contributed by atoms with Gasteiger partial charge in [-0.1, -0.05) is 24.3 Å². The van der Waals surface area contributed by atoms with E-state index in [0.29, 0.717) is 30.9 Å². The van der Waals surface area contributed by atoms with Crippen molar-refractivity contribution in [3.63, 3.8) is 0 Å². The summed E-state index contributed by atoms with van der Waals surface area (Å²) in [7, 11) is 1.78. The normalized spacial score (nSPS) is 15.4. The van der Waals surface area contributed by atoms with E-state index in [1.165, 1.54) is 5.56 Å². The summed E-state index contributed by atoms with van der Waals surface area (Å²) >= 11 is 0. The summed E-state index contributed by atoms with van der Waals surface area (Å²) in [5.41, 5.74) is 4.64. The smallest absolute Gasteiger partial charge is 0.319 e. The van der Waals surface area contributed by atoms with Crippen LogP contribution in [-0.4, -0.2) is 54.3 Å². The van der Waals surface area contributed by atoms with Gasteiger partial charge in [0.1, 0.15) is 0 Å². The van der Waals surface area contributed by atoms with Crippen molar-refractivity contribution < 1.29 is 14.4 Å². The van der Waals surface area contributed by atoms with Gasteiger partial charge in [0, 0.05) is 37.9 Å². The molecular formula is C22H24N4O3. The van der Waals surface area contributed by atoms with Crippen molar-refractivity contribution in [1.29, 1.82) is 0 Å². The van der Waals surface area contributed by atoms with Gasteiger partial charge < -0.3 is 20.4 Å². The molecule has 0 aliphatic carbocycles. The highest BCUT2D eigenvalue weighted by molar-refractivity contribution is 5.98. The van der Waals surface area contributed by atoms with Crippen LogP contribution in [0.4, 0.5) is 10.5 Å². The van der Waals surface area contributed by atoms with Crippen LogP contribution in [0.15, 0.2) is 42.5 Å². The fraction of sp³-hybridized carbons (Fsp3) is 0.318. The Hall–Kier alpha value is -3.35. The van der Waals surface area contributed by atoms with Crippen molar-refractivity contribution in [1.82, 2.24) is 15.1 Å². The van der Waals surface area contributed by atoms with Gasteiger partial charge >= 0.3 is 6.03 Å². The Kier molecular flexibility index (Phi) is 5.20. The van der Waals surface area contributed by atoms with E-state index in [1.54, 1.807) is 29.0 Å². The number of fused-ring (bicyclic) bond motifs is 2. The molecule has 4 amide bonds. The summed E-state index contributed by atoms with van der Waals surface area (Å²) in [6, 6.07) is 12.9. The van der Waals surface area contributed by atoms with E-state index < -0.39 is 6.03 Å². The molecule has 2 aliphatic rings. The summed E-state index contributed by atoms with van der Waals surface area (Å²) in [6.45, 7) is 1.84. The molecule has 0 unspecified atom stereocenters. The molecule has 0 bridgehead atoms. The monoisotopic (exact) mass is 392 g/mol. The van der Waals surface area contributed by atoms with Crippen LogP contribution in [0.1, 0.15) is 27.0 Å². The third-order valence-electron chi connectivity index (χ3n) is 5.54. The van der Waals surface area contributed by atoms with Crippen LogP contribution in [0, 0.1) is 0 Å². The van der Waals surface area contributed by atoms with E-state index in [-0.39, 0.29) is 18.4 Å². The molecule has 7 heteroatoms. The number of benzene rings is 2. The number of hydrogen-bond acceptors (Lipinski definition) is 3. The Morgan fingerprint density at radius 2 is 1.76 bits per heavy atom. The Morgan fingerprint density at radius 1 is 1.00 bits per heavy atom. The molecule has 0 saturated heterocycles. The highest BCUT2D eigenvalue weighted by Gasteiger charge is 2.22. The standard InChI is InChI=1S/C22H24N4O3/c1-25-10-8-16-12-18(6-7-19(16)21(25)28)24-22(29)23-13-20(27)26-11-9-15-4-2-3-5-17(15)14-26/h2-7,12H,8-11,13-14H2,1H3,(H2,23,24,29). The Bertz CT molecular complexity index is 972. The Balaban J connectivity index is 1.30. The zero-order valence-electron chi connectivity index (χ0n) is 16.4. The quantitative estimate of drug-likeness (QED) is 0.839. The second-order valence-corrected chi connectivity index (χ2v) is 7.49. The van der Waals surface area contributed by atoms with Gasteiger partial charge in [-0.15, -0.1) is 0 Å². The molecule has 150 valence electrons. The van der Waals surface area contributed by atoms with Crippen molar-refractivity contribution in [2.45, 2.75) is 19.4 Å². The SMILES string of the molecule is CN1CCc2cc(NC(=O)NCC(=O)N3CCc4ccccc4C3)ccc2C1=O. The highest BCUT2D eigenvalue weighted by atomic mass is 16.2. The summed E-state index contributed by atoms with van der Waals surface area (Å²) in [5, 5.41) is 5.38. The zero-order valence-corrected chi connectivity index (χ0v) is 16.4. The van der Waals surface area contributed by atoms with Crippen LogP contribution in [0.2, 0.25) is 0 Å². The molecule has 4 rings (SSSR count). The lowest BCUT2D eigenvalue weighted by molar-refractivity contribution is -0.130. The van der Waals surface area contributed by atoms with Crippen LogP contribution in [-0.2, 0) is 24.2 Å². The van der Waals surface area contributed by atoms with Gasteiger partial charge in [0.2, 0.25) is 5.91 Å². The fourth-order valence-electron chi connectivity index (χ4n) is 3.83. The number of carbonyl (C=O) groups is 3. The summed E-state index contributed by atoms with van der Waals surface area (Å²) in [4.78, 5) is 40.3. The highest BCUT2D eigenvalue weighted by Crippen LogP contribution is 2.22. The third-order valence-corrected chi connectivity index (χ3v) is 5.54. The van der Waals surface area contributed by atoms with Gasteiger partial charge in [0.15, 0.2) is 0 Å². The number of rotatable bonds is 3. The van der Waals surface area contributed by atoms with Crippen LogP contribution in [0.5, 0.6) is 0 Å². The first-order valence-electron chi connectivity index (χ1n) is 9.79. The minimum atomic E-state index is -0.435. The van der Waals surface area contributed by atoms with E-state index >= 15 is 0 Å². The Morgan fingerprint density at radius 3 is 2.59 bits per heavy atom. The number of anilines is 1. The van der Waals surface area contributed by atoms with Crippen LogP contribution < -0.4 is 10.6 Å². The van der Waals surface area contributed by atoms with Gasteiger partial charge in [0.25, 0.3) is 5.91 Å². The molecule has 7 nitrogen and oxygen atoms in total. The molecular weight excluding hydrogens is 368 g/mol. The molecule has 2 N–H and O–H groups in total. The summed E-state index contributed by atoms with van der Waals surface area (Å²) in [6.07, 6.45) is 1.58. The molecule has 0 saturated carbocycles. The topological polar surface area (TPSA) is 81.8 Å². The summed E-state index contributed by atoms with van der Waals surface area (Å²) in [5.74, 6) is -0.107. The van der Waals surface area contributed by atoms with Crippen molar-refractivity contribution in [2.75, 3.05) is 32.0 Å². The first-order valence-corrected chi connectivity index (χ1v) is 9.79. The number of nitrogens with zero attached hydrogens (tertiary/aromatic N) is 2. The lowest BCUT2D eigenvalue weighted by Crippen LogP contribution is -2.43. The van der Waals surface area contributed by atoms with Crippen LogP contribution >= 0.6 is 0 Å². The molecule has 29 heavy (non-hydrogen) atoms. The average Bonchev–Trinajstić information content (AvgIpc) is 2.74. The zero-order chi connectivity index (χ0) is 20.4. The van der Waals surface area contributed by atoms with Crippen molar-refractivity contribution >= 4 is 23.5 Å². The van der Waals surface area contributed by atoms with Crippen molar-refractivity contribution in [2.24, 2.45) is 0 Å². The van der Waals surface area contributed by atoms with Crippen molar-refractivity contribution in [3.05, 3.63) is 64.7 Å². The van der Waals surface area contributed by atoms with Gasteiger partial charge in [-0.2, -0.15) is 0 Å².